The van der Waals surface area contributed by atoms with Crippen molar-refractivity contribution in [3.8, 4) is 0 Å². The molecule has 1 atom stereocenters. The number of likely N-dealkylation sites (tertiary alicyclic amines) is 1. The molecule has 0 amide bonds. The van der Waals surface area contributed by atoms with Crippen LogP contribution in [0.2, 0.25) is 0 Å². The van der Waals surface area contributed by atoms with E-state index < -0.39 is 0 Å². The van der Waals surface area contributed by atoms with Gasteiger partial charge in [0.25, 0.3) is 0 Å². The highest BCUT2D eigenvalue weighted by molar-refractivity contribution is 4.53. The van der Waals surface area contributed by atoms with Gasteiger partial charge in [0.15, 0.2) is 0 Å². The van der Waals surface area contributed by atoms with Gasteiger partial charge in [0, 0.05) is 26.6 Å². The standard InChI is InChI=1S/C10H22NO2/c1-4-13-10(12-3)9-11(2)7-5-6-8-11/h10H,4-9H2,1-3H3/q+1. The van der Waals surface area contributed by atoms with Gasteiger partial charge in [0.1, 0.15) is 6.54 Å². The Labute approximate surface area is 81.2 Å². The molecule has 0 saturated carbocycles. The number of hydrogen-bond donors (Lipinski definition) is 0. The van der Waals surface area contributed by atoms with Crippen LogP contribution in [0.25, 0.3) is 0 Å². The van der Waals surface area contributed by atoms with Crippen molar-refractivity contribution in [2.75, 3.05) is 40.4 Å². The van der Waals surface area contributed by atoms with Crippen LogP contribution in [0.15, 0.2) is 0 Å². The molecule has 1 heterocycles. The third-order valence-electron chi connectivity index (χ3n) is 2.85. The molecule has 1 aliphatic heterocycles. The zero-order valence-corrected chi connectivity index (χ0v) is 9.08. The van der Waals surface area contributed by atoms with Gasteiger partial charge < -0.3 is 14.0 Å². The number of rotatable bonds is 5. The largest absolute Gasteiger partial charge is 0.351 e. The Balaban J connectivity index is 2.35. The average Bonchev–Trinajstić information content (AvgIpc) is 2.51. The number of quaternary nitrogens is 1. The van der Waals surface area contributed by atoms with Crippen molar-refractivity contribution in [1.82, 2.24) is 0 Å². The molecule has 78 valence electrons. The first-order valence-corrected chi connectivity index (χ1v) is 5.18. The summed E-state index contributed by atoms with van der Waals surface area (Å²) in [4.78, 5) is 0. The Hall–Kier alpha value is -0.120. The molecule has 1 unspecified atom stereocenters. The van der Waals surface area contributed by atoms with Gasteiger partial charge in [0.05, 0.1) is 20.1 Å². The second-order valence-electron chi connectivity index (χ2n) is 4.08. The van der Waals surface area contributed by atoms with Crippen LogP contribution in [0.5, 0.6) is 0 Å². The third-order valence-corrected chi connectivity index (χ3v) is 2.85. The second kappa shape index (κ2) is 4.94. The Morgan fingerprint density at radius 3 is 2.38 bits per heavy atom. The van der Waals surface area contributed by atoms with E-state index in [1.54, 1.807) is 7.11 Å². The normalized spacial score (nSPS) is 23.3. The van der Waals surface area contributed by atoms with Crippen molar-refractivity contribution in [2.45, 2.75) is 26.1 Å². The summed E-state index contributed by atoms with van der Waals surface area (Å²) in [5.74, 6) is 0. The number of hydrogen-bond acceptors (Lipinski definition) is 2. The lowest BCUT2D eigenvalue weighted by Crippen LogP contribution is -2.47. The Kier molecular flexibility index (Phi) is 4.16. The quantitative estimate of drug-likeness (QED) is 0.477. The maximum absolute atomic E-state index is 5.48. The van der Waals surface area contributed by atoms with Gasteiger partial charge in [0.2, 0.25) is 6.29 Å². The lowest BCUT2D eigenvalue weighted by Gasteiger charge is -2.32. The third kappa shape index (κ3) is 3.25. The molecule has 0 aromatic heterocycles. The molecule has 0 aliphatic carbocycles. The van der Waals surface area contributed by atoms with Crippen LogP contribution in [0.1, 0.15) is 19.8 Å². The zero-order chi connectivity index (χ0) is 9.73. The summed E-state index contributed by atoms with van der Waals surface area (Å²) < 4.78 is 11.9. The lowest BCUT2D eigenvalue weighted by molar-refractivity contribution is -0.903. The van der Waals surface area contributed by atoms with Crippen molar-refractivity contribution in [3.05, 3.63) is 0 Å². The van der Waals surface area contributed by atoms with Crippen LogP contribution >= 0.6 is 0 Å². The molecule has 13 heavy (non-hydrogen) atoms. The van der Waals surface area contributed by atoms with Gasteiger partial charge in [-0.1, -0.05) is 0 Å². The minimum Gasteiger partial charge on any atom is -0.351 e. The van der Waals surface area contributed by atoms with Gasteiger partial charge in [-0.3, -0.25) is 0 Å². The SMILES string of the molecule is CCOC(C[N+]1(C)CCCC1)OC. The van der Waals surface area contributed by atoms with Gasteiger partial charge in [-0.05, 0) is 6.92 Å². The molecule has 0 N–H and O–H groups in total. The van der Waals surface area contributed by atoms with Gasteiger partial charge >= 0.3 is 0 Å². The van der Waals surface area contributed by atoms with E-state index >= 15 is 0 Å². The summed E-state index contributed by atoms with van der Waals surface area (Å²) in [7, 11) is 4.01. The minimum atomic E-state index is -0.0203. The van der Waals surface area contributed by atoms with Crippen LogP contribution < -0.4 is 0 Å². The van der Waals surface area contributed by atoms with Crippen LogP contribution in [0.4, 0.5) is 0 Å². The number of nitrogens with zero attached hydrogens (tertiary/aromatic N) is 1. The predicted octanol–water partition coefficient (Wildman–Crippen LogP) is 1.24. The molecular weight excluding hydrogens is 166 g/mol. The maximum atomic E-state index is 5.48. The van der Waals surface area contributed by atoms with Gasteiger partial charge in [-0.25, -0.2) is 0 Å². The van der Waals surface area contributed by atoms with E-state index in [4.69, 9.17) is 9.47 Å². The van der Waals surface area contributed by atoms with Crippen LogP contribution in [-0.2, 0) is 9.47 Å². The molecule has 1 aliphatic rings. The average molecular weight is 188 g/mol. The predicted molar refractivity (Wildman–Crippen MR) is 52.4 cm³/mol. The topological polar surface area (TPSA) is 18.5 Å². The van der Waals surface area contributed by atoms with Crippen molar-refractivity contribution >= 4 is 0 Å². The summed E-state index contributed by atoms with van der Waals surface area (Å²) in [5, 5.41) is 0. The first kappa shape index (κ1) is 11.0. The summed E-state index contributed by atoms with van der Waals surface area (Å²) in [6, 6.07) is 0. The van der Waals surface area contributed by atoms with E-state index in [-0.39, 0.29) is 6.29 Å². The fourth-order valence-corrected chi connectivity index (χ4v) is 2.02. The van der Waals surface area contributed by atoms with E-state index in [1.165, 1.54) is 25.9 Å². The lowest BCUT2D eigenvalue weighted by atomic mass is 10.4. The number of likely N-dealkylation sites (N-methyl/N-ethyl adjacent to an activating group) is 1. The Bertz CT molecular complexity index is 144. The first-order valence-electron chi connectivity index (χ1n) is 5.18. The van der Waals surface area contributed by atoms with E-state index in [1.807, 2.05) is 6.92 Å². The van der Waals surface area contributed by atoms with E-state index in [0.29, 0.717) is 0 Å². The van der Waals surface area contributed by atoms with Crippen molar-refractivity contribution in [1.29, 1.82) is 0 Å². The van der Waals surface area contributed by atoms with E-state index in [2.05, 4.69) is 7.05 Å². The highest BCUT2D eigenvalue weighted by Crippen LogP contribution is 2.17. The molecule has 0 spiro atoms. The Morgan fingerprint density at radius 2 is 1.92 bits per heavy atom. The molecule has 3 heteroatoms. The van der Waals surface area contributed by atoms with Gasteiger partial charge in [-0.2, -0.15) is 0 Å². The molecule has 0 radical (unpaired) electrons. The van der Waals surface area contributed by atoms with E-state index in [0.717, 1.165) is 17.6 Å². The fourth-order valence-electron chi connectivity index (χ4n) is 2.02. The Morgan fingerprint density at radius 1 is 1.31 bits per heavy atom. The zero-order valence-electron chi connectivity index (χ0n) is 9.08. The first-order chi connectivity index (χ1) is 6.20. The smallest absolute Gasteiger partial charge is 0.207 e. The summed E-state index contributed by atoms with van der Waals surface area (Å²) in [6.45, 7) is 6.28. The number of ether oxygens (including phenoxy) is 2. The molecule has 0 bridgehead atoms. The molecule has 0 aromatic rings. The van der Waals surface area contributed by atoms with E-state index in [9.17, 15) is 0 Å². The fraction of sp³-hybridized carbons (Fsp3) is 1.00. The van der Waals surface area contributed by atoms with Crippen LogP contribution in [-0.4, -0.2) is 51.2 Å². The summed E-state index contributed by atoms with van der Waals surface area (Å²) in [5.41, 5.74) is 0. The number of methoxy groups -OCH3 is 1. The molecule has 1 fully saturated rings. The molecule has 3 nitrogen and oxygen atoms in total. The molecule has 0 aromatic carbocycles. The van der Waals surface area contributed by atoms with Crippen LogP contribution in [0.3, 0.4) is 0 Å². The van der Waals surface area contributed by atoms with Gasteiger partial charge in [-0.15, -0.1) is 0 Å². The maximum Gasteiger partial charge on any atom is 0.207 e. The van der Waals surface area contributed by atoms with Crippen molar-refractivity contribution < 1.29 is 14.0 Å². The monoisotopic (exact) mass is 188 g/mol. The van der Waals surface area contributed by atoms with Crippen molar-refractivity contribution in [3.63, 3.8) is 0 Å². The summed E-state index contributed by atoms with van der Waals surface area (Å²) in [6.07, 6.45) is 2.67. The second-order valence-corrected chi connectivity index (χ2v) is 4.08. The van der Waals surface area contributed by atoms with Crippen LogP contribution in [0, 0.1) is 0 Å². The molecular formula is C10H22NO2+. The molecule has 1 rings (SSSR count). The molecule has 1 saturated heterocycles. The van der Waals surface area contributed by atoms with Crippen molar-refractivity contribution in [2.24, 2.45) is 0 Å². The summed E-state index contributed by atoms with van der Waals surface area (Å²) >= 11 is 0. The highest BCUT2D eigenvalue weighted by atomic mass is 16.7. The minimum absolute atomic E-state index is 0.0203. The highest BCUT2D eigenvalue weighted by Gasteiger charge is 2.30.